The third-order valence-corrected chi connectivity index (χ3v) is 4.92. The number of carbonyl (C=O) groups is 1. The topological polar surface area (TPSA) is 82.6 Å². The highest BCUT2D eigenvalue weighted by atomic mass is 35.5. The summed E-state index contributed by atoms with van der Waals surface area (Å²) in [5.74, 6) is 0.0464. The fraction of sp³-hybridized carbons (Fsp3) is 0.286. The van der Waals surface area contributed by atoms with E-state index in [0.29, 0.717) is 54.1 Å². The van der Waals surface area contributed by atoms with E-state index >= 15 is 0 Å². The summed E-state index contributed by atoms with van der Waals surface area (Å²) in [5.41, 5.74) is 2.94. The number of amides is 1. The third kappa shape index (κ3) is 4.65. The SMILES string of the molecule is COCCOCCOc1ccc2c(C3C(=O)Nc4cc(Cl)ccc43)ncnc2c1.Cl. The molecule has 1 atom stereocenters. The van der Waals surface area contributed by atoms with Crippen LogP contribution in [0.3, 0.4) is 0 Å². The van der Waals surface area contributed by atoms with Gasteiger partial charge in [-0.2, -0.15) is 0 Å². The molecule has 0 saturated carbocycles. The number of hydrogen-bond donors (Lipinski definition) is 1. The molecule has 0 fully saturated rings. The number of anilines is 1. The van der Waals surface area contributed by atoms with E-state index in [2.05, 4.69) is 15.3 Å². The summed E-state index contributed by atoms with van der Waals surface area (Å²) < 4.78 is 16.1. The van der Waals surface area contributed by atoms with Crippen molar-refractivity contribution in [3.05, 3.63) is 59.0 Å². The normalized spacial score (nSPS) is 14.9. The Morgan fingerprint density at radius 2 is 1.90 bits per heavy atom. The van der Waals surface area contributed by atoms with Crippen LogP contribution in [0.2, 0.25) is 5.02 Å². The highest BCUT2D eigenvalue weighted by Crippen LogP contribution is 2.39. The van der Waals surface area contributed by atoms with Gasteiger partial charge in [-0.15, -0.1) is 12.4 Å². The van der Waals surface area contributed by atoms with Gasteiger partial charge in [0.15, 0.2) is 0 Å². The highest BCUT2D eigenvalue weighted by Gasteiger charge is 2.34. The van der Waals surface area contributed by atoms with E-state index in [1.807, 2.05) is 24.3 Å². The number of hydrogen-bond acceptors (Lipinski definition) is 6. The molecule has 2 aromatic carbocycles. The zero-order valence-corrected chi connectivity index (χ0v) is 17.8. The summed E-state index contributed by atoms with van der Waals surface area (Å²) in [5, 5.41) is 4.26. The zero-order valence-electron chi connectivity index (χ0n) is 16.3. The summed E-state index contributed by atoms with van der Waals surface area (Å²) in [4.78, 5) is 21.4. The van der Waals surface area contributed by atoms with Crippen LogP contribution in [-0.2, 0) is 14.3 Å². The van der Waals surface area contributed by atoms with Gasteiger partial charge in [-0.05, 0) is 29.8 Å². The maximum absolute atomic E-state index is 12.6. The van der Waals surface area contributed by atoms with Crippen molar-refractivity contribution in [1.29, 1.82) is 0 Å². The predicted molar refractivity (Wildman–Crippen MR) is 117 cm³/mol. The fourth-order valence-electron chi connectivity index (χ4n) is 3.35. The van der Waals surface area contributed by atoms with E-state index in [1.165, 1.54) is 6.33 Å². The number of methoxy groups -OCH3 is 1. The number of ether oxygens (including phenoxy) is 3. The smallest absolute Gasteiger partial charge is 0.238 e. The van der Waals surface area contributed by atoms with Crippen LogP contribution >= 0.6 is 24.0 Å². The molecule has 0 bridgehead atoms. The lowest BCUT2D eigenvalue weighted by atomic mass is 9.94. The zero-order chi connectivity index (χ0) is 20.2. The van der Waals surface area contributed by atoms with Crippen LogP contribution in [0.25, 0.3) is 10.9 Å². The molecule has 0 aliphatic carbocycles. The van der Waals surface area contributed by atoms with Crippen molar-refractivity contribution in [2.75, 3.05) is 38.9 Å². The number of nitrogens with one attached hydrogen (secondary N) is 1. The Balaban J connectivity index is 0.00000256. The highest BCUT2D eigenvalue weighted by molar-refractivity contribution is 6.31. The minimum Gasteiger partial charge on any atom is -0.491 e. The molecule has 1 aromatic heterocycles. The Morgan fingerprint density at radius 3 is 2.73 bits per heavy atom. The van der Waals surface area contributed by atoms with Crippen molar-refractivity contribution in [1.82, 2.24) is 9.97 Å². The molecule has 1 aliphatic rings. The average molecular weight is 450 g/mol. The largest absolute Gasteiger partial charge is 0.491 e. The predicted octanol–water partition coefficient (Wildman–Crippen LogP) is 3.83. The lowest BCUT2D eigenvalue weighted by Crippen LogP contribution is -2.15. The van der Waals surface area contributed by atoms with Gasteiger partial charge in [0, 0.05) is 29.3 Å². The van der Waals surface area contributed by atoms with E-state index in [4.69, 9.17) is 25.8 Å². The molecule has 30 heavy (non-hydrogen) atoms. The molecule has 9 heteroatoms. The number of rotatable bonds is 8. The molecule has 4 rings (SSSR count). The Labute approximate surface area is 185 Å². The monoisotopic (exact) mass is 449 g/mol. The Morgan fingerprint density at radius 1 is 1.07 bits per heavy atom. The van der Waals surface area contributed by atoms with E-state index in [-0.39, 0.29) is 18.3 Å². The summed E-state index contributed by atoms with van der Waals surface area (Å²) in [6.45, 7) is 1.98. The van der Waals surface area contributed by atoms with Crippen molar-refractivity contribution < 1.29 is 19.0 Å². The summed E-state index contributed by atoms with van der Waals surface area (Å²) in [7, 11) is 1.63. The van der Waals surface area contributed by atoms with Crippen LogP contribution in [0, 0.1) is 0 Å². The van der Waals surface area contributed by atoms with Gasteiger partial charge in [0.2, 0.25) is 5.91 Å². The van der Waals surface area contributed by atoms with Gasteiger partial charge in [-0.25, -0.2) is 9.97 Å². The van der Waals surface area contributed by atoms with E-state index in [0.717, 1.165) is 10.9 Å². The number of halogens is 2. The number of benzene rings is 2. The molecule has 1 N–H and O–H groups in total. The minimum atomic E-state index is -0.506. The van der Waals surface area contributed by atoms with Crippen molar-refractivity contribution in [3.63, 3.8) is 0 Å². The lowest BCUT2D eigenvalue weighted by molar-refractivity contribution is -0.116. The van der Waals surface area contributed by atoms with Gasteiger partial charge in [-0.3, -0.25) is 4.79 Å². The van der Waals surface area contributed by atoms with Crippen molar-refractivity contribution in [2.45, 2.75) is 5.92 Å². The second-order valence-corrected chi connectivity index (χ2v) is 6.98. The third-order valence-electron chi connectivity index (χ3n) is 4.69. The Kier molecular flexibility index (Phi) is 7.44. The van der Waals surface area contributed by atoms with Crippen LogP contribution in [0.4, 0.5) is 5.69 Å². The standard InChI is InChI=1S/C21H20ClN3O4.ClH/c1-27-6-7-28-8-9-29-14-3-5-16-17(11-14)23-12-24-20(16)19-15-4-2-13(22)10-18(15)25-21(19)26;/h2-5,10-12,19H,6-9H2,1H3,(H,25,26);1H. The molecule has 7 nitrogen and oxygen atoms in total. The first kappa shape index (κ1) is 22.2. The molecule has 0 saturated heterocycles. The lowest BCUT2D eigenvalue weighted by Gasteiger charge is -2.12. The van der Waals surface area contributed by atoms with E-state index in [1.54, 1.807) is 19.2 Å². The number of carbonyl (C=O) groups excluding carboxylic acids is 1. The first-order chi connectivity index (χ1) is 14.2. The molecule has 0 radical (unpaired) electrons. The maximum atomic E-state index is 12.6. The van der Waals surface area contributed by atoms with Crippen molar-refractivity contribution >= 4 is 46.5 Å². The molecular weight excluding hydrogens is 429 g/mol. The van der Waals surface area contributed by atoms with Crippen LogP contribution in [0.5, 0.6) is 5.75 Å². The molecule has 2 heterocycles. The van der Waals surface area contributed by atoms with E-state index in [9.17, 15) is 4.79 Å². The molecule has 3 aromatic rings. The molecule has 1 amide bonds. The molecule has 1 unspecified atom stereocenters. The number of fused-ring (bicyclic) bond motifs is 2. The fourth-order valence-corrected chi connectivity index (χ4v) is 3.52. The van der Waals surface area contributed by atoms with Crippen molar-refractivity contribution in [3.8, 4) is 5.75 Å². The van der Waals surface area contributed by atoms with E-state index < -0.39 is 5.92 Å². The second-order valence-electron chi connectivity index (χ2n) is 6.55. The summed E-state index contributed by atoms with van der Waals surface area (Å²) in [6.07, 6.45) is 1.47. The van der Waals surface area contributed by atoms with Crippen LogP contribution in [0.15, 0.2) is 42.7 Å². The first-order valence-electron chi connectivity index (χ1n) is 9.22. The maximum Gasteiger partial charge on any atom is 0.238 e. The summed E-state index contributed by atoms with van der Waals surface area (Å²) in [6, 6.07) is 10.9. The average Bonchev–Trinajstić information content (AvgIpc) is 3.04. The summed E-state index contributed by atoms with van der Waals surface area (Å²) >= 11 is 6.05. The Hall–Kier alpha value is -2.45. The van der Waals surface area contributed by atoms with Crippen LogP contribution in [0.1, 0.15) is 17.2 Å². The minimum absolute atomic E-state index is 0. The molecule has 158 valence electrons. The van der Waals surface area contributed by atoms with Crippen LogP contribution < -0.4 is 10.1 Å². The second kappa shape index (κ2) is 10.0. The van der Waals surface area contributed by atoms with Gasteiger partial charge >= 0.3 is 0 Å². The molecular formula is C21H21Cl2N3O4. The van der Waals surface area contributed by atoms with Gasteiger partial charge in [0.1, 0.15) is 24.6 Å². The quantitative estimate of drug-likeness (QED) is 0.526. The number of nitrogens with zero attached hydrogens (tertiary/aromatic N) is 2. The number of aromatic nitrogens is 2. The molecule has 1 aliphatic heterocycles. The van der Waals surface area contributed by atoms with Gasteiger partial charge in [0.05, 0.1) is 31.0 Å². The first-order valence-corrected chi connectivity index (χ1v) is 9.59. The Bertz CT molecular complexity index is 1050. The molecule has 0 spiro atoms. The van der Waals surface area contributed by atoms with Gasteiger partial charge < -0.3 is 19.5 Å². The van der Waals surface area contributed by atoms with Gasteiger partial charge in [0.25, 0.3) is 0 Å². The van der Waals surface area contributed by atoms with Crippen LogP contribution in [-0.4, -0.2) is 49.4 Å². The van der Waals surface area contributed by atoms with Gasteiger partial charge in [-0.1, -0.05) is 17.7 Å². The van der Waals surface area contributed by atoms with Crippen molar-refractivity contribution in [2.24, 2.45) is 0 Å².